The minimum Gasteiger partial charge on any atom is -0.478 e. The van der Waals surface area contributed by atoms with Gasteiger partial charge in [0.25, 0.3) is 0 Å². The zero-order valence-electron chi connectivity index (χ0n) is 10.9. The summed E-state index contributed by atoms with van der Waals surface area (Å²) in [6, 6.07) is 3.82. The molecule has 2 rings (SSSR count). The third-order valence-corrected chi connectivity index (χ3v) is 3.75. The van der Waals surface area contributed by atoms with Gasteiger partial charge in [0.15, 0.2) is 0 Å². The van der Waals surface area contributed by atoms with Crippen LogP contribution in [0.25, 0.3) is 0 Å². The molecule has 0 aromatic heterocycles. The number of benzene rings is 1. The molecule has 2 N–H and O–H groups in total. The molecule has 0 amide bonds. The summed E-state index contributed by atoms with van der Waals surface area (Å²) in [5.41, 5.74) is 0.342. The molecule has 19 heavy (non-hydrogen) atoms. The van der Waals surface area contributed by atoms with Gasteiger partial charge < -0.3 is 15.2 Å². The van der Waals surface area contributed by atoms with E-state index in [1.54, 1.807) is 7.11 Å². The van der Waals surface area contributed by atoms with E-state index in [1.807, 2.05) is 0 Å². The first-order chi connectivity index (χ1) is 9.06. The molecule has 1 aromatic rings. The molecule has 4 nitrogen and oxygen atoms in total. The van der Waals surface area contributed by atoms with Crippen molar-refractivity contribution in [3.05, 3.63) is 35.1 Å². The molecular weight excluding hydrogens is 249 g/mol. The largest absolute Gasteiger partial charge is 0.478 e. The van der Waals surface area contributed by atoms with Crippen molar-refractivity contribution in [2.45, 2.75) is 31.4 Å². The highest BCUT2D eigenvalue weighted by Gasteiger charge is 2.36. The molecule has 5 heteroatoms. The Kier molecular flexibility index (Phi) is 4.17. The van der Waals surface area contributed by atoms with E-state index < -0.39 is 11.8 Å². The van der Waals surface area contributed by atoms with E-state index in [1.165, 1.54) is 18.2 Å². The summed E-state index contributed by atoms with van der Waals surface area (Å²) < 4.78 is 19.0. The van der Waals surface area contributed by atoms with E-state index in [9.17, 15) is 9.18 Å². The molecule has 0 bridgehead atoms. The van der Waals surface area contributed by atoms with Crippen molar-refractivity contribution < 1.29 is 19.0 Å². The Morgan fingerprint density at radius 1 is 1.53 bits per heavy atom. The van der Waals surface area contributed by atoms with Gasteiger partial charge in [0.05, 0.1) is 11.2 Å². The number of hydrogen-bond donors (Lipinski definition) is 2. The zero-order chi connectivity index (χ0) is 13.9. The molecule has 0 spiro atoms. The van der Waals surface area contributed by atoms with Gasteiger partial charge in [0.1, 0.15) is 5.82 Å². The average Bonchev–Trinajstić information content (AvgIpc) is 2.34. The molecule has 0 atom stereocenters. The third kappa shape index (κ3) is 3.11. The molecule has 0 heterocycles. The van der Waals surface area contributed by atoms with E-state index in [2.05, 4.69) is 5.32 Å². The molecule has 0 saturated heterocycles. The average molecular weight is 267 g/mol. The van der Waals surface area contributed by atoms with Crippen LogP contribution < -0.4 is 5.32 Å². The van der Waals surface area contributed by atoms with Gasteiger partial charge in [-0.25, -0.2) is 9.18 Å². The van der Waals surface area contributed by atoms with Crippen molar-refractivity contribution in [1.82, 2.24) is 5.32 Å². The molecule has 0 unspecified atom stereocenters. The Labute approximate surface area is 111 Å². The molecule has 104 valence electrons. The fraction of sp³-hybridized carbons (Fsp3) is 0.500. The van der Waals surface area contributed by atoms with Crippen LogP contribution in [-0.2, 0) is 11.3 Å². The summed E-state index contributed by atoms with van der Waals surface area (Å²) in [7, 11) is 1.69. The predicted octanol–water partition coefficient (Wildman–Crippen LogP) is 2.18. The predicted molar refractivity (Wildman–Crippen MR) is 68.7 cm³/mol. The number of methoxy groups -OCH3 is 1. The monoisotopic (exact) mass is 267 g/mol. The van der Waals surface area contributed by atoms with Crippen molar-refractivity contribution in [2.75, 3.05) is 13.7 Å². The van der Waals surface area contributed by atoms with E-state index in [4.69, 9.17) is 9.84 Å². The van der Waals surface area contributed by atoms with Gasteiger partial charge in [-0.2, -0.15) is 0 Å². The summed E-state index contributed by atoms with van der Waals surface area (Å²) in [5.74, 6) is -1.44. The highest BCUT2D eigenvalue weighted by atomic mass is 19.1. The summed E-state index contributed by atoms with van der Waals surface area (Å²) >= 11 is 0. The lowest BCUT2D eigenvalue weighted by Crippen LogP contribution is -2.47. The first-order valence-electron chi connectivity index (χ1n) is 6.34. The summed E-state index contributed by atoms with van der Waals surface area (Å²) in [6.45, 7) is 0.957. The smallest absolute Gasteiger partial charge is 0.335 e. The Morgan fingerprint density at radius 3 is 2.79 bits per heavy atom. The number of carbonyl (C=O) groups is 1. The van der Waals surface area contributed by atoms with Crippen LogP contribution in [-0.4, -0.2) is 30.3 Å². The van der Waals surface area contributed by atoms with Gasteiger partial charge in [-0.05, 0) is 37.5 Å². The van der Waals surface area contributed by atoms with Crippen LogP contribution in [0.3, 0.4) is 0 Å². The standard InChI is InChI=1S/C14H18FNO3/c1-19-14(5-2-6-14)9-16-8-11-7-10(13(17)18)3-4-12(11)15/h3-4,7,16H,2,5-6,8-9H2,1H3,(H,17,18). The van der Waals surface area contributed by atoms with Gasteiger partial charge >= 0.3 is 5.97 Å². The number of nitrogens with one attached hydrogen (secondary N) is 1. The van der Waals surface area contributed by atoms with Crippen molar-refractivity contribution >= 4 is 5.97 Å². The first-order valence-corrected chi connectivity index (χ1v) is 6.34. The van der Waals surface area contributed by atoms with Gasteiger partial charge in [-0.15, -0.1) is 0 Å². The van der Waals surface area contributed by atoms with E-state index in [0.717, 1.165) is 19.3 Å². The lowest BCUT2D eigenvalue weighted by atomic mass is 9.80. The first kappa shape index (κ1) is 14.0. The highest BCUT2D eigenvalue weighted by Crippen LogP contribution is 2.34. The normalized spacial score (nSPS) is 16.9. The Bertz CT molecular complexity index is 466. The molecule has 1 fully saturated rings. The van der Waals surface area contributed by atoms with Gasteiger partial charge in [0.2, 0.25) is 0 Å². The van der Waals surface area contributed by atoms with E-state index >= 15 is 0 Å². The maximum absolute atomic E-state index is 13.6. The van der Waals surface area contributed by atoms with Crippen LogP contribution in [0, 0.1) is 5.82 Å². The number of carboxylic acids is 1. The van der Waals surface area contributed by atoms with E-state index in [0.29, 0.717) is 18.7 Å². The summed E-state index contributed by atoms with van der Waals surface area (Å²) in [5, 5.41) is 12.0. The maximum atomic E-state index is 13.6. The molecule has 1 saturated carbocycles. The Hall–Kier alpha value is -1.46. The second-order valence-corrected chi connectivity index (χ2v) is 4.96. The summed E-state index contributed by atoms with van der Waals surface area (Å²) in [4.78, 5) is 10.8. The molecule has 0 aliphatic heterocycles. The lowest BCUT2D eigenvalue weighted by molar-refractivity contribution is -0.0695. The lowest BCUT2D eigenvalue weighted by Gasteiger charge is -2.40. The van der Waals surface area contributed by atoms with Gasteiger partial charge in [0, 0.05) is 25.8 Å². The van der Waals surface area contributed by atoms with Crippen LogP contribution in [0.1, 0.15) is 35.2 Å². The molecule has 1 aliphatic carbocycles. The number of hydrogen-bond acceptors (Lipinski definition) is 3. The van der Waals surface area contributed by atoms with Crippen molar-refractivity contribution in [3.63, 3.8) is 0 Å². The molecule has 1 aliphatic rings. The number of aromatic carboxylic acids is 1. The van der Waals surface area contributed by atoms with Crippen LogP contribution in [0.15, 0.2) is 18.2 Å². The van der Waals surface area contributed by atoms with Gasteiger partial charge in [-0.1, -0.05) is 0 Å². The van der Waals surface area contributed by atoms with Crippen LogP contribution in [0.2, 0.25) is 0 Å². The Morgan fingerprint density at radius 2 is 2.26 bits per heavy atom. The van der Waals surface area contributed by atoms with Crippen LogP contribution >= 0.6 is 0 Å². The van der Waals surface area contributed by atoms with Crippen molar-refractivity contribution in [3.8, 4) is 0 Å². The minimum atomic E-state index is -1.05. The molecular formula is C14H18FNO3. The SMILES string of the molecule is COC1(CNCc2cc(C(=O)O)ccc2F)CCC1. The number of carboxylic acid groups (broad SMARTS) is 1. The maximum Gasteiger partial charge on any atom is 0.335 e. The minimum absolute atomic E-state index is 0.100. The highest BCUT2D eigenvalue weighted by molar-refractivity contribution is 5.87. The van der Waals surface area contributed by atoms with Gasteiger partial charge in [-0.3, -0.25) is 0 Å². The number of halogens is 1. The van der Waals surface area contributed by atoms with Crippen LogP contribution in [0.4, 0.5) is 4.39 Å². The molecule has 1 aromatic carbocycles. The Balaban J connectivity index is 1.95. The zero-order valence-corrected chi connectivity index (χ0v) is 10.9. The van der Waals surface area contributed by atoms with Crippen LogP contribution in [0.5, 0.6) is 0 Å². The quantitative estimate of drug-likeness (QED) is 0.829. The topological polar surface area (TPSA) is 58.6 Å². The third-order valence-electron chi connectivity index (χ3n) is 3.75. The van der Waals surface area contributed by atoms with Crippen molar-refractivity contribution in [2.24, 2.45) is 0 Å². The fourth-order valence-corrected chi connectivity index (χ4v) is 2.29. The second kappa shape index (κ2) is 5.67. The summed E-state index contributed by atoms with van der Waals surface area (Å²) in [6.07, 6.45) is 3.17. The second-order valence-electron chi connectivity index (χ2n) is 4.96. The van der Waals surface area contributed by atoms with E-state index in [-0.39, 0.29) is 11.2 Å². The molecule has 0 radical (unpaired) electrons. The fourth-order valence-electron chi connectivity index (χ4n) is 2.29. The van der Waals surface area contributed by atoms with Crippen molar-refractivity contribution in [1.29, 1.82) is 0 Å². The number of ether oxygens (including phenoxy) is 1. The number of rotatable bonds is 6.